The maximum Gasteiger partial charge on any atom is 0.407 e. The zero-order chi connectivity index (χ0) is 23.3. The maximum absolute atomic E-state index is 12.5. The number of nitrogens with one attached hydrogen (secondary N) is 2. The zero-order valence-electron chi connectivity index (χ0n) is 19.1. The molecule has 0 bridgehead atoms. The molecule has 0 spiro atoms. The van der Waals surface area contributed by atoms with Gasteiger partial charge in [-0.15, -0.1) is 5.10 Å². The number of rotatable bonds is 6. The fourth-order valence-electron chi connectivity index (χ4n) is 4.00. The molecule has 2 aromatic rings. The van der Waals surface area contributed by atoms with E-state index in [4.69, 9.17) is 10.5 Å². The van der Waals surface area contributed by atoms with E-state index in [1.54, 1.807) is 18.3 Å². The Labute approximate surface area is 188 Å². The van der Waals surface area contributed by atoms with Crippen molar-refractivity contribution in [2.45, 2.75) is 71.1 Å². The third-order valence-electron chi connectivity index (χ3n) is 5.33. The largest absolute Gasteiger partial charge is 0.444 e. The topological polar surface area (TPSA) is 122 Å². The SMILES string of the molecule is Cc1cccc(NN(c2cccnn2)[C@@H]2CCCC[C@@H]2NC(=O)OC(C)(C)C)c1C(N)=O. The number of carbonyl (C=O) groups excluding carboxylic acids is 2. The molecule has 2 atom stereocenters. The summed E-state index contributed by atoms with van der Waals surface area (Å²) in [4.78, 5) is 24.7. The molecule has 1 aromatic heterocycles. The Kier molecular flexibility index (Phi) is 7.17. The van der Waals surface area contributed by atoms with Gasteiger partial charge in [0.25, 0.3) is 5.91 Å². The highest BCUT2D eigenvalue weighted by Gasteiger charge is 2.34. The molecule has 1 saturated carbocycles. The summed E-state index contributed by atoms with van der Waals surface area (Å²) >= 11 is 0. The molecule has 0 unspecified atom stereocenters. The first kappa shape index (κ1) is 23.3. The molecule has 1 fully saturated rings. The second-order valence-electron chi connectivity index (χ2n) is 9.03. The molecule has 9 heteroatoms. The van der Waals surface area contributed by atoms with Crippen molar-refractivity contribution in [3.05, 3.63) is 47.7 Å². The summed E-state index contributed by atoms with van der Waals surface area (Å²) in [7, 11) is 0. The van der Waals surface area contributed by atoms with Crippen molar-refractivity contribution >= 4 is 23.5 Å². The van der Waals surface area contributed by atoms with Crippen LogP contribution in [-0.2, 0) is 4.74 Å². The lowest BCUT2D eigenvalue weighted by Crippen LogP contribution is -2.56. The van der Waals surface area contributed by atoms with Crippen LogP contribution in [0.3, 0.4) is 0 Å². The highest BCUT2D eigenvalue weighted by molar-refractivity contribution is 6.00. The number of amides is 2. The molecule has 1 heterocycles. The van der Waals surface area contributed by atoms with Crippen molar-refractivity contribution in [2.75, 3.05) is 10.4 Å². The van der Waals surface area contributed by atoms with Crippen molar-refractivity contribution in [2.24, 2.45) is 5.73 Å². The number of ether oxygens (including phenoxy) is 1. The second kappa shape index (κ2) is 9.84. The monoisotopic (exact) mass is 440 g/mol. The molecule has 9 nitrogen and oxygen atoms in total. The number of hydrogen-bond donors (Lipinski definition) is 3. The average molecular weight is 441 g/mol. The van der Waals surface area contributed by atoms with E-state index in [9.17, 15) is 9.59 Å². The molecule has 4 N–H and O–H groups in total. The Morgan fingerprint density at radius 2 is 1.91 bits per heavy atom. The zero-order valence-corrected chi connectivity index (χ0v) is 19.1. The van der Waals surface area contributed by atoms with E-state index in [-0.39, 0.29) is 12.1 Å². The predicted octanol–water partition coefficient (Wildman–Crippen LogP) is 3.55. The fraction of sp³-hybridized carbons (Fsp3) is 0.478. The lowest BCUT2D eigenvalue weighted by Gasteiger charge is -2.41. The molecule has 32 heavy (non-hydrogen) atoms. The highest BCUT2D eigenvalue weighted by Crippen LogP contribution is 2.29. The number of aryl methyl sites for hydroxylation is 1. The quantitative estimate of drug-likeness (QED) is 0.587. The van der Waals surface area contributed by atoms with Gasteiger partial charge in [0.05, 0.1) is 23.3 Å². The first-order valence-electron chi connectivity index (χ1n) is 10.9. The van der Waals surface area contributed by atoms with E-state index in [1.165, 1.54) is 0 Å². The summed E-state index contributed by atoms with van der Waals surface area (Å²) in [5, 5.41) is 13.2. The molecule has 2 amide bonds. The van der Waals surface area contributed by atoms with Gasteiger partial charge in [-0.05, 0) is 64.3 Å². The van der Waals surface area contributed by atoms with Crippen LogP contribution in [0.1, 0.15) is 62.4 Å². The van der Waals surface area contributed by atoms with Gasteiger partial charge < -0.3 is 15.8 Å². The van der Waals surface area contributed by atoms with Crippen molar-refractivity contribution in [1.29, 1.82) is 0 Å². The van der Waals surface area contributed by atoms with Gasteiger partial charge in [-0.3, -0.25) is 15.2 Å². The van der Waals surface area contributed by atoms with Gasteiger partial charge in [0.1, 0.15) is 5.60 Å². The van der Waals surface area contributed by atoms with Crippen LogP contribution in [0.25, 0.3) is 0 Å². The Balaban J connectivity index is 1.94. The third kappa shape index (κ3) is 5.87. The van der Waals surface area contributed by atoms with Gasteiger partial charge in [-0.2, -0.15) is 5.10 Å². The van der Waals surface area contributed by atoms with Crippen LogP contribution >= 0.6 is 0 Å². The third-order valence-corrected chi connectivity index (χ3v) is 5.33. The summed E-state index contributed by atoms with van der Waals surface area (Å²) in [6, 6.07) is 8.79. The number of anilines is 2. The average Bonchev–Trinajstić information content (AvgIpc) is 2.71. The van der Waals surface area contributed by atoms with Crippen LogP contribution in [-0.4, -0.2) is 39.9 Å². The molecule has 1 aromatic carbocycles. The molecular weight excluding hydrogens is 408 g/mol. The number of carbonyl (C=O) groups is 2. The van der Waals surface area contributed by atoms with E-state index >= 15 is 0 Å². The minimum absolute atomic E-state index is 0.144. The molecule has 0 radical (unpaired) electrons. The van der Waals surface area contributed by atoms with E-state index in [0.717, 1.165) is 31.2 Å². The first-order valence-corrected chi connectivity index (χ1v) is 10.9. The van der Waals surface area contributed by atoms with E-state index in [0.29, 0.717) is 17.1 Å². The number of primary amides is 1. The molecule has 172 valence electrons. The van der Waals surface area contributed by atoms with E-state index < -0.39 is 17.6 Å². The summed E-state index contributed by atoms with van der Waals surface area (Å²) in [5.74, 6) is 0.0593. The van der Waals surface area contributed by atoms with Gasteiger partial charge >= 0.3 is 6.09 Å². The van der Waals surface area contributed by atoms with Crippen LogP contribution in [0.4, 0.5) is 16.3 Å². The second-order valence-corrected chi connectivity index (χ2v) is 9.03. The lowest BCUT2D eigenvalue weighted by molar-refractivity contribution is 0.0485. The number of nitrogens with zero attached hydrogens (tertiary/aromatic N) is 3. The number of aromatic nitrogens is 2. The Morgan fingerprint density at radius 1 is 1.16 bits per heavy atom. The summed E-state index contributed by atoms with van der Waals surface area (Å²) < 4.78 is 5.48. The summed E-state index contributed by atoms with van der Waals surface area (Å²) in [5.41, 5.74) is 10.2. The maximum atomic E-state index is 12.5. The summed E-state index contributed by atoms with van der Waals surface area (Å²) in [6.45, 7) is 7.34. The molecule has 1 aliphatic rings. The van der Waals surface area contributed by atoms with Crippen LogP contribution in [0, 0.1) is 6.92 Å². The number of hydrazine groups is 1. The van der Waals surface area contributed by atoms with Gasteiger partial charge in [-0.1, -0.05) is 25.0 Å². The van der Waals surface area contributed by atoms with Crippen LogP contribution in [0.5, 0.6) is 0 Å². The molecule has 0 aliphatic heterocycles. The number of hydrogen-bond acceptors (Lipinski definition) is 7. The van der Waals surface area contributed by atoms with Gasteiger partial charge in [0.15, 0.2) is 5.82 Å². The Hall–Kier alpha value is -3.36. The number of alkyl carbamates (subject to hydrolysis) is 1. The van der Waals surface area contributed by atoms with Gasteiger partial charge in [-0.25, -0.2) is 4.79 Å². The predicted molar refractivity (Wildman–Crippen MR) is 123 cm³/mol. The fourth-order valence-corrected chi connectivity index (χ4v) is 4.00. The molecule has 0 saturated heterocycles. The van der Waals surface area contributed by atoms with Gasteiger partial charge in [0.2, 0.25) is 0 Å². The normalized spacial score (nSPS) is 18.5. The highest BCUT2D eigenvalue weighted by atomic mass is 16.6. The van der Waals surface area contributed by atoms with Crippen molar-refractivity contribution in [3.63, 3.8) is 0 Å². The van der Waals surface area contributed by atoms with Crippen LogP contribution in [0.2, 0.25) is 0 Å². The minimum Gasteiger partial charge on any atom is -0.444 e. The lowest BCUT2D eigenvalue weighted by atomic mass is 9.89. The smallest absolute Gasteiger partial charge is 0.407 e. The van der Waals surface area contributed by atoms with Crippen LogP contribution in [0.15, 0.2) is 36.5 Å². The van der Waals surface area contributed by atoms with Gasteiger partial charge in [0, 0.05) is 6.20 Å². The minimum atomic E-state index is -0.588. The molecule has 1 aliphatic carbocycles. The van der Waals surface area contributed by atoms with E-state index in [1.807, 2.05) is 50.9 Å². The Morgan fingerprint density at radius 3 is 2.56 bits per heavy atom. The standard InChI is InChI=1S/C23H32N6O3/c1-15-9-7-11-17(20(15)21(24)30)28-29(19-13-8-14-25-27-19)18-12-6-5-10-16(18)26-22(31)32-23(2,3)4/h7-9,11,13-14,16,18,28H,5-6,10,12H2,1-4H3,(H2,24,30)(H,26,31)/t16-,18+/m0/s1. The van der Waals surface area contributed by atoms with Crippen molar-refractivity contribution < 1.29 is 14.3 Å². The molecule has 3 rings (SSSR count). The van der Waals surface area contributed by atoms with Crippen molar-refractivity contribution in [3.8, 4) is 0 Å². The summed E-state index contributed by atoms with van der Waals surface area (Å²) in [6.07, 6.45) is 4.72. The first-order chi connectivity index (χ1) is 15.2. The number of nitrogens with two attached hydrogens (primary N) is 1. The number of benzene rings is 1. The molecular formula is C23H32N6O3. The van der Waals surface area contributed by atoms with E-state index in [2.05, 4.69) is 20.9 Å². The van der Waals surface area contributed by atoms with Crippen LogP contribution < -0.4 is 21.5 Å². The van der Waals surface area contributed by atoms with Crippen molar-refractivity contribution in [1.82, 2.24) is 15.5 Å². The Bertz CT molecular complexity index is 944.